The van der Waals surface area contributed by atoms with E-state index in [0.717, 1.165) is 65.5 Å². The Morgan fingerprint density at radius 3 is 2.55 bits per heavy atom. The van der Waals surface area contributed by atoms with Crippen molar-refractivity contribution >= 4 is 62.4 Å². The summed E-state index contributed by atoms with van der Waals surface area (Å²) >= 11 is 5.38. The fraction of sp³-hybridized carbons (Fsp3) is 0.357. The third-order valence-corrected chi connectivity index (χ3v) is 10.5. The Bertz CT molecular complexity index is 1640. The zero-order valence-electron chi connectivity index (χ0n) is 21.8. The van der Waals surface area contributed by atoms with E-state index in [-0.39, 0.29) is 23.1 Å². The maximum atomic E-state index is 14.0. The Morgan fingerprint density at radius 2 is 1.81 bits per heavy atom. The molecule has 3 amide bonds. The zero-order valence-corrected chi connectivity index (χ0v) is 25.0. The first-order valence-corrected chi connectivity index (χ1v) is 15.7. The molecule has 42 heavy (non-hydrogen) atoms. The Balaban J connectivity index is 1.39. The number of benzene rings is 2. The van der Waals surface area contributed by atoms with Crippen molar-refractivity contribution in [2.24, 2.45) is 5.92 Å². The summed E-state index contributed by atoms with van der Waals surface area (Å²) in [6.45, 7) is 1.08. The summed E-state index contributed by atoms with van der Waals surface area (Å²) in [6.07, 6.45) is -1.75. The first-order chi connectivity index (χ1) is 20.0. The lowest BCUT2D eigenvalue weighted by Crippen LogP contribution is -2.38. The number of thiazole rings is 1. The first-order valence-electron chi connectivity index (χ1n) is 13.2. The molecular weight excluding hydrogens is 659 g/mol. The van der Waals surface area contributed by atoms with Crippen LogP contribution in [0.5, 0.6) is 5.75 Å². The molecule has 2 saturated heterocycles. The predicted octanol–water partition coefficient (Wildman–Crippen LogP) is 5.40. The highest BCUT2D eigenvalue weighted by Gasteiger charge is 2.57. The highest BCUT2D eigenvalue weighted by atomic mass is 79.9. The number of thioether (sulfide) groups is 1. The second-order valence-electron chi connectivity index (χ2n) is 10.2. The molecule has 6 rings (SSSR count). The third-order valence-electron chi connectivity index (χ3n) is 7.62. The number of amides is 3. The summed E-state index contributed by atoms with van der Waals surface area (Å²) in [7, 11) is 0. The number of aromatic amines is 1. The molecule has 0 aliphatic carbocycles. The van der Waals surface area contributed by atoms with Crippen molar-refractivity contribution in [1.82, 2.24) is 9.88 Å². The van der Waals surface area contributed by atoms with E-state index >= 15 is 0 Å². The van der Waals surface area contributed by atoms with Gasteiger partial charge in [0, 0.05) is 33.9 Å². The number of H-pyrrole nitrogens is 1. The van der Waals surface area contributed by atoms with Crippen LogP contribution in [0, 0.1) is 5.92 Å². The topological polar surface area (TPSA) is 99.8 Å². The Labute approximate surface area is 254 Å². The first kappa shape index (κ1) is 29.0. The van der Waals surface area contributed by atoms with Gasteiger partial charge in [-0.15, -0.1) is 0 Å². The normalized spacial score (nSPS) is 22.2. The Morgan fingerprint density at radius 1 is 1.05 bits per heavy atom. The number of nitrogens with zero attached hydrogens (tertiary/aromatic N) is 2. The van der Waals surface area contributed by atoms with Crippen LogP contribution >= 0.6 is 39.0 Å². The van der Waals surface area contributed by atoms with Crippen molar-refractivity contribution in [2.45, 2.75) is 41.6 Å². The molecular formula is C28H23BrF3N3O5S2. The summed E-state index contributed by atoms with van der Waals surface area (Å²) in [4.78, 5) is 58.4. The number of carbonyl (C=O) groups is 3. The SMILES string of the molecule is O=C(COc1ccc(Br)cc1C1c2sc(=O)[nH]c2SC2C(=O)N(c3cccc(C(F)(F)F)c3)C(=O)C21)N1CCCCC1. The number of fused-ring (bicyclic) bond motifs is 2. The van der Waals surface area contributed by atoms with Gasteiger partial charge in [0.25, 0.3) is 5.91 Å². The number of carbonyl (C=O) groups excluding carboxylic acids is 3. The highest BCUT2D eigenvalue weighted by molar-refractivity contribution is 9.10. The minimum absolute atomic E-state index is 0.171. The van der Waals surface area contributed by atoms with Gasteiger partial charge in [0.1, 0.15) is 11.0 Å². The average molecular weight is 683 g/mol. The van der Waals surface area contributed by atoms with Gasteiger partial charge in [-0.3, -0.25) is 19.2 Å². The van der Waals surface area contributed by atoms with Crippen LogP contribution in [0.4, 0.5) is 18.9 Å². The summed E-state index contributed by atoms with van der Waals surface area (Å²) < 4.78 is 47.0. The van der Waals surface area contributed by atoms with Gasteiger partial charge < -0.3 is 14.6 Å². The van der Waals surface area contributed by atoms with E-state index in [4.69, 9.17) is 4.74 Å². The van der Waals surface area contributed by atoms with E-state index in [1.807, 2.05) is 0 Å². The molecule has 8 nitrogen and oxygen atoms in total. The third kappa shape index (κ3) is 5.28. The number of nitrogens with one attached hydrogen (secondary N) is 1. The smallest absolute Gasteiger partial charge is 0.416 e. The Kier molecular flexibility index (Phi) is 7.73. The summed E-state index contributed by atoms with van der Waals surface area (Å²) in [5.74, 6) is -3.08. The number of hydrogen-bond acceptors (Lipinski definition) is 7. The van der Waals surface area contributed by atoms with Crippen LogP contribution < -0.4 is 14.5 Å². The van der Waals surface area contributed by atoms with Crippen molar-refractivity contribution < 1.29 is 32.3 Å². The molecule has 1 N–H and O–H groups in total. The number of anilines is 1. The number of rotatable bonds is 5. The van der Waals surface area contributed by atoms with Gasteiger partial charge >= 0.3 is 11.0 Å². The molecule has 2 fully saturated rings. The molecule has 2 aromatic carbocycles. The Hall–Kier alpha value is -3.10. The van der Waals surface area contributed by atoms with Gasteiger partial charge in [0.05, 0.1) is 22.2 Å². The van der Waals surface area contributed by atoms with Gasteiger partial charge in [-0.25, -0.2) is 4.90 Å². The molecule has 4 heterocycles. The molecule has 3 aromatic rings. The molecule has 3 atom stereocenters. The molecule has 14 heteroatoms. The van der Waals surface area contributed by atoms with Gasteiger partial charge in [0.15, 0.2) is 6.61 Å². The van der Waals surface area contributed by atoms with Crippen LogP contribution in [0.25, 0.3) is 0 Å². The molecule has 3 aliphatic rings. The molecule has 0 spiro atoms. The largest absolute Gasteiger partial charge is 0.483 e. The van der Waals surface area contributed by atoms with Crippen LogP contribution in [0.1, 0.15) is 41.2 Å². The lowest BCUT2D eigenvalue weighted by atomic mass is 9.82. The zero-order chi connectivity index (χ0) is 29.8. The van der Waals surface area contributed by atoms with Crippen LogP contribution in [0.3, 0.4) is 0 Å². The molecule has 0 saturated carbocycles. The maximum Gasteiger partial charge on any atom is 0.416 e. The number of halogens is 4. The molecule has 0 radical (unpaired) electrons. The van der Waals surface area contributed by atoms with E-state index in [1.54, 1.807) is 23.1 Å². The van der Waals surface area contributed by atoms with E-state index in [9.17, 15) is 32.3 Å². The molecule has 0 bridgehead atoms. The second-order valence-corrected chi connectivity index (χ2v) is 13.3. The quantitative estimate of drug-likeness (QED) is 0.362. The number of alkyl halides is 3. The fourth-order valence-corrected chi connectivity index (χ4v) is 8.58. The number of piperidine rings is 1. The molecule has 3 unspecified atom stereocenters. The van der Waals surface area contributed by atoms with Gasteiger partial charge in [-0.2, -0.15) is 13.2 Å². The van der Waals surface area contributed by atoms with Crippen molar-refractivity contribution in [3.63, 3.8) is 0 Å². The monoisotopic (exact) mass is 681 g/mol. The standard InChI is InChI=1S/C28H23BrF3N3O5S2/c29-15-7-8-18(40-13-19(36)34-9-2-1-3-10-34)17(12-15)20-21-23(41-24-22(20)42-27(39)33-24)26(38)35(25(21)37)16-6-4-5-14(11-16)28(30,31)32/h4-8,11-12,20-21,23H,1-3,9-10,13H2,(H,33,39). The van der Waals surface area contributed by atoms with E-state index in [2.05, 4.69) is 20.9 Å². The lowest BCUT2D eigenvalue weighted by Gasteiger charge is -2.31. The van der Waals surface area contributed by atoms with E-state index in [1.165, 1.54) is 6.07 Å². The van der Waals surface area contributed by atoms with Crippen molar-refractivity contribution in [3.05, 3.63) is 72.6 Å². The number of ether oxygens (including phenoxy) is 1. The number of imide groups is 1. The predicted molar refractivity (Wildman–Crippen MR) is 154 cm³/mol. The van der Waals surface area contributed by atoms with Crippen LogP contribution in [0.2, 0.25) is 0 Å². The van der Waals surface area contributed by atoms with E-state index < -0.39 is 40.6 Å². The highest BCUT2D eigenvalue weighted by Crippen LogP contribution is 2.55. The number of aromatic nitrogens is 1. The van der Waals surface area contributed by atoms with Crippen molar-refractivity contribution in [2.75, 3.05) is 24.6 Å². The summed E-state index contributed by atoms with van der Waals surface area (Å²) in [5, 5.41) is -0.588. The number of likely N-dealkylation sites (tertiary alicyclic amines) is 1. The van der Waals surface area contributed by atoms with Crippen LogP contribution in [-0.2, 0) is 20.6 Å². The molecule has 220 valence electrons. The maximum absolute atomic E-state index is 14.0. The summed E-state index contributed by atoms with van der Waals surface area (Å²) in [6, 6.07) is 9.19. The van der Waals surface area contributed by atoms with Crippen LogP contribution in [0.15, 0.2) is 56.8 Å². The second kappa shape index (κ2) is 11.2. The minimum atomic E-state index is -4.66. The van der Waals surface area contributed by atoms with Gasteiger partial charge in [-0.05, 0) is 55.7 Å². The minimum Gasteiger partial charge on any atom is -0.483 e. The number of hydrogen-bond donors (Lipinski definition) is 1. The van der Waals surface area contributed by atoms with Gasteiger partial charge in [0.2, 0.25) is 11.8 Å². The van der Waals surface area contributed by atoms with Gasteiger partial charge in [-0.1, -0.05) is 45.1 Å². The molecule has 1 aromatic heterocycles. The lowest BCUT2D eigenvalue weighted by molar-refractivity contribution is -0.137. The molecule has 3 aliphatic heterocycles. The summed E-state index contributed by atoms with van der Waals surface area (Å²) in [5.41, 5.74) is -0.679. The van der Waals surface area contributed by atoms with Crippen LogP contribution in [-0.4, -0.2) is 52.6 Å². The fourth-order valence-electron chi connectivity index (χ4n) is 5.70. The average Bonchev–Trinajstić information content (AvgIpc) is 3.46. The van der Waals surface area contributed by atoms with Crippen molar-refractivity contribution in [3.8, 4) is 5.75 Å². The van der Waals surface area contributed by atoms with E-state index in [0.29, 0.717) is 38.8 Å². The van der Waals surface area contributed by atoms with Crippen molar-refractivity contribution in [1.29, 1.82) is 0 Å².